The van der Waals surface area contributed by atoms with Gasteiger partial charge in [0.25, 0.3) is 0 Å². The minimum absolute atomic E-state index is 0.0532. The van der Waals surface area contributed by atoms with E-state index < -0.39 is 34.5 Å². The molecule has 0 aromatic heterocycles. The largest absolute Gasteiger partial charge is 0.352 e. The van der Waals surface area contributed by atoms with Crippen LogP contribution < -0.4 is 9.62 Å². The van der Waals surface area contributed by atoms with E-state index in [1.165, 1.54) is 37.2 Å². The summed E-state index contributed by atoms with van der Waals surface area (Å²) in [5.74, 6) is -1.78. The molecular formula is C31H39FN4O4S. The van der Waals surface area contributed by atoms with Gasteiger partial charge in [-0.15, -0.1) is 0 Å². The molecule has 3 aromatic carbocycles. The fraction of sp³-hybridized carbons (Fsp3) is 0.355. The lowest BCUT2D eigenvalue weighted by atomic mass is 10.0. The molecule has 0 bridgehead atoms. The monoisotopic (exact) mass is 582 g/mol. The summed E-state index contributed by atoms with van der Waals surface area (Å²) in [6.45, 7) is 5.13. The van der Waals surface area contributed by atoms with E-state index in [1.54, 1.807) is 0 Å². The summed E-state index contributed by atoms with van der Waals surface area (Å²) in [4.78, 5) is 29.3. The first-order valence-electron chi connectivity index (χ1n) is 13.6. The lowest BCUT2D eigenvalue weighted by Crippen LogP contribution is -2.55. The first kappa shape index (κ1) is 31.8. The van der Waals surface area contributed by atoms with Gasteiger partial charge in [-0.3, -0.25) is 9.59 Å². The molecule has 41 heavy (non-hydrogen) atoms. The molecule has 8 nitrogen and oxygen atoms in total. The van der Waals surface area contributed by atoms with E-state index >= 15 is 0 Å². The Balaban J connectivity index is 2.10. The number of anilines is 1. The zero-order valence-corrected chi connectivity index (χ0v) is 25.1. The smallest absolute Gasteiger partial charge is 0.304 e. The number of benzene rings is 3. The highest BCUT2D eigenvalue weighted by atomic mass is 32.2. The number of aryl methyl sites for hydroxylation is 1. The summed E-state index contributed by atoms with van der Waals surface area (Å²) >= 11 is 0. The molecule has 0 fully saturated rings. The Bertz CT molecular complexity index is 1420. The lowest BCUT2D eigenvalue weighted by Gasteiger charge is -2.35. The molecule has 0 aliphatic heterocycles. The number of para-hydroxylation sites is 1. The number of rotatable bonds is 13. The molecule has 220 valence electrons. The van der Waals surface area contributed by atoms with Gasteiger partial charge < -0.3 is 10.2 Å². The van der Waals surface area contributed by atoms with Crippen molar-refractivity contribution in [2.24, 2.45) is 0 Å². The number of carbonyl (C=O) groups is 2. The first-order valence-corrected chi connectivity index (χ1v) is 15.0. The standard InChI is InChI=1S/C31H39FN4O4S/c1-6-24(3)33-31(38)29(20-25-12-8-7-9-13-25)35(21-26-18-16-23(2)17-19-26)30(37)22-36(41(39,40)34(4)5)28-15-11-10-14-27(28)32/h7-19,24,29H,6,20-22H2,1-5H3,(H,33,38)/t24-,29+/m1/s1. The summed E-state index contributed by atoms with van der Waals surface area (Å²) in [6, 6.07) is 21.2. The van der Waals surface area contributed by atoms with Crippen molar-refractivity contribution in [3.8, 4) is 0 Å². The zero-order chi connectivity index (χ0) is 30.2. The van der Waals surface area contributed by atoms with Crippen LogP contribution in [0.2, 0.25) is 0 Å². The van der Waals surface area contributed by atoms with Gasteiger partial charge in [0.15, 0.2) is 0 Å². The van der Waals surface area contributed by atoms with E-state index in [2.05, 4.69) is 5.32 Å². The van der Waals surface area contributed by atoms with Crippen LogP contribution in [-0.4, -0.2) is 62.2 Å². The van der Waals surface area contributed by atoms with E-state index in [-0.39, 0.29) is 30.6 Å². The molecule has 3 aromatic rings. The van der Waals surface area contributed by atoms with Crippen molar-refractivity contribution in [2.75, 3.05) is 24.9 Å². The second-order valence-electron chi connectivity index (χ2n) is 10.3. The van der Waals surface area contributed by atoms with Crippen LogP contribution in [0.3, 0.4) is 0 Å². The minimum atomic E-state index is -4.27. The molecule has 0 radical (unpaired) electrons. The fourth-order valence-electron chi connectivity index (χ4n) is 4.24. The van der Waals surface area contributed by atoms with Crippen LogP contribution in [-0.2, 0) is 32.8 Å². The Labute approximate surface area is 243 Å². The van der Waals surface area contributed by atoms with Gasteiger partial charge in [-0.05, 0) is 43.5 Å². The van der Waals surface area contributed by atoms with Crippen molar-refractivity contribution < 1.29 is 22.4 Å². The topological polar surface area (TPSA) is 90.0 Å². The molecular weight excluding hydrogens is 543 g/mol. The molecule has 0 saturated carbocycles. The Kier molecular flexibility index (Phi) is 11.0. The summed E-state index contributed by atoms with van der Waals surface area (Å²) in [6.07, 6.45) is 0.901. The maximum atomic E-state index is 14.9. The number of nitrogens with one attached hydrogen (secondary N) is 1. The van der Waals surface area contributed by atoms with Crippen molar-refractivity contribution in [1.82, 2.24) is 14.5 Å². The number of nitrogens with zero attached hydrogens (tertiary/aromatic N) is 3. The third kappa shape index (κ3) is 8.37. The van der Waals surface area contributed by atoms with E-state index in [4.69, 9.17) is 0 Å². The van der Waals surface area contributed by atoms with Gasteiger partial charge in [-0.1, -0.05) is 79.2 Å². The summed E-state index contributed by atoms with van der Waals surface area (Å²) < 4.78 is 43.3. The van der Waals surface area contributed by atoms with Gasteiger partial charge in [0, 0.05) is 33.1 Å². The number of carbonyl (C=O) groups excluding carboxylic acids is 2. The van der Waals surface area contributed by atoms with Crippen molar-refractivity contribution in [3.63, 3.8) is 0 Å². The second kappa shape index (κ2) is 14.2. The van der Waals surface area contributed by atoms with Crippen molar-refractivity contribution in [1.29, 1.82) is 0 Å². The second-order valence-corrected chi connectivity index (χ2v) is 12.3. The summed E-state index contributed by atoms with van der Waals surface area (Å²) in [7, 11) is -1.64. The molecule has 10 heteroatoms. The molecule has 0 spiro atoms. The number of amides is 2. The molecule has 1 N–H and O–H groups in total. The Morgan fingerprint density at radius 2 is 1.51 bits per heavy atom. The Morgan fingerprint density at radius 3 is 2.10 bits per heavy atom. The number of hydrogen-bond donors (Lipinski definition) is 1. The highest BCUT2D eigenvalue weighted by Gasteiger charge is 2.35. The minimum Gasteiger partial charge on any atom is -0.352 e. The SMILES string of the molecule is CC[C@@H](C)NC(=O)[C@H](Cc1ccccc1)N(Cc1ccc(C)cc1)C(=O)CN(c1ccccc1F)S(=O)(=O)N(C)C. The van der Waals surface area contributed by atoms with Crippen LogP contribution in [0.5, 0.6) is 0 Å². The molecule has 0 aliphatic carbocycles. The third-order valence-corrected chi connectivity index (χ3v) is 8.69. The molecule has 0 unspecified atom stereocenters. The van der Waals surface area contributed by atoms with Crippen LogP contribution in [0.15, 0.2) is 78.9 Å². The molecule has 3 rings (SSSR count). The third-order valence-electron chi connectivity index (χ3n) is 6.89. The molecule has 2 amide bonds. The van der Waals surface area contributed by atoms with Gasteiger partial charge in [-0.25, -0.2) is 8.70 Å². The number of halogens is 1. The summed E-state index contributed by atoms with van der Waals surface area (Å²) in [5.41, 5.74) is 2.38. The molecule has 0 aliphatic rings. The predicted octanol–water partition coefficient (Wildman–Crippen LogP) is 4.30. The highest BCUT2D eigenvalue weighted by molar-refractivity contribution is 7.90. The molecule has 2 atom stereocenters. The van der Waals surface area contributed by atoms with Crippen LogP contribution in [0.4, 0.5) is 10.1 Å². The molecule has 0 heterocycles. The maximum Gasteiger partial charge on any atom is 0.304 e. The van der Waals surface area contributed by atoms with Crippen LogP contribution in [0.1, 0.15) is 37.0 Å². The van der Waals surface area contributed by atoms with E-state index in [9.17, 15) is 22.4 Å². The highest BCUT2D eigenvalue weighted by Crippen LogP contribution is 2.24. The number of hydrogen-bond acceptors (Lipinski definition) is 4. The predicted molar refractivity (Wildman–Crippen MR) is 160 cm³/mol. The average Bonchev–Trinajstić information content (AvgIpc) is 2.95. The Morgan fingerprint density at radius 1 is 0.902 bits per heavy atom. The fourth-order valence-corrected chi connectivity index (χ4v) is 5.31. The van der Waals surface area contributed by atoms with E-state index in [1.807, 2.05) is 75.4 Å². The normalized spacial score (nSPS) is 13.0. The van der Waals surface area contributed by atoms with Gasteiger partial charge in [0.2, 0.25) is 11.8 Å². The van der Waals surface area contributed by atoms with Crippen LogP contribution in [0, 0.1) is 12.7 Å². The lowest BCUT2D eigenvalue weighted by molar-refractivity contribution is -0.140. The van der Waals surface area contributed by atoms with Crippen molar-refractivity contribution >= 4 is 27.7 Å². The van der Waals surface area contributed by atoms with Crippen LogP contribution >= 0.6 is 0 Å². The van der Waals surface area contributed by atoms with Gasteiger partial charge in [0.05, 0.1) is 5.69 Å². The van der Waals surface area contributed by atoms with Gasteiger partial charge >= 0.3 is 10.2 Å². The quantitative estimate of drug-likeness (QED) is 0.326. The van der Waals surface area contributed by atoms with Crippen molar-refractivity contribution in [2.45, 2.75) is 52.2 Å². The maximum absolute atomic E-state index is 14.9. The van der Waals surface area contributed by atoms with Crippen molar-refractivity contribution in [3.05, 3.63) is 101 Å². The molecule has 0 saturated heterocycles. The van der Waals surface area contributed by atoms with Crippen LogP contribution in [0.25, 0.3) is 0 Å². The average molecular weight is 583 g/mol. The first-order chi connectivity index (χ1) is 19.4. The summed E-state index contributed by atoms with van der Waals surface area (Å²) in [5, 5.41) is 2.99. The van der Waals surface area contributed by atoms with E-state index in [0.29, 0.717) is 6.42 Å². The van der Waals surface area contributed by atoms with Gasteiger partial charge in [-0.2, -0.15) is 12.7 Å². The van der Waals surface area contributed by atoms with E-state index in [0.717, 1.165) is 31.4 Å². The zero-order valence-electron chi connectivity index (χ0n) is 24.2. The Hall–Kier alpha value is -3.76. The van der Waals surface area contributed by atoms with Gasteiger partial charge in [0.1, 0.15) is 18.4 Å².